The number of hydrogen-bond acceptors (Lipinski definition) is 5. The van der Waals surface area contributed by atoms with Crippen molar-refractivity contribution in [2.24, 2.45) is 5.73 Å². The molecule has 2 aromatic carbocycles. The number of benzene rings is 2. The van der Waals surface area contributed by atoms with Crippen LogP contribution in [0.3, 0.4) is 0 Å². The quantitative estimate of drug-likeness (QED) is 0.407. The number of guanidine groups is 2. The highest BCUT2D eigenvalue weighted by atomic mass is 16.5. The molecule has 1 spiro atoms. The van der Waals surface area contributed by atoms with E-state index in [9.17, 15) is 4.79 Å². The maximum Gasteiger partial charge on any atom is 0.361 e. The average Bonchev–Trinajstić information content (AvgIpc) is 2.84. The summed E-state index contributed by atoms with van der Waals surface area (Å²) >= 11 is 0. The summed E-state index contributed by atoms with van der Waals surface area (Å²) in [6.45, 7) is 0. The van der Waals surface area contributed by atoms with E-state index < -0.39 is 5.66 Å². The fraction of sp³-hybridized carbons (Fsp3) is 0.167. The van der Waals surface area contributed by atoms with Crippen molar-refractivity contribution in [2.75, 3.05) is 24.4 Å². The summed E-state index contributed by atoms with van der Waals surface area (Å²) in [4.78, 5) is 20.9. The van der Waals surface area contributed by atoms with Gasteiger partial charge in [0.05, 0.1) is 24.0 Å². The number of carbonyl (C=O) groups excluding carboxylic acids is 1. The van der Waals surface area contributed by atoms with Crippen LogP contribution in [0.15, 0.2) is 48.5 Å². The highest BCUT2D eigenvalue weighted by molar-refractivity contribution is 6.07. The fourth-order valence-corrected chi connectivity index (χ4v) is 3.30. The largest absolute Gasteiger partial charge is 0.497 e. The summed E-state index contributed by atoms with van der Waals surface area (Å²) < 4.78 is 5.17. The van der Waals surface area contributed by atoms with Crippen molar-refractivity contribution in [1.82, 2.24) is 5.32 Å². The second-order valence-electron chi connectivity index (χ2n) is 6.15. The normalized spacial score (nSPS) is 21.0. The van der Waals surface area contributed by atoms with Crippen molar-refractivity contribution in [2.45, 2.75) is 5.66 Å². The zero-order valence-electron chi connectivity index (χ0n) is 14.5. The Bertz CT molecular complexity index is 937. The number of ether oxygens (including phenoxy) is 1. The van der Waals surface area contributed by atoms with E-state index in [1.165, 1.54) is 0 Å². The third-order valence-corrected chi connectivity index (χ3v) is 4.55. The van der Waals surface area contributed by atoms with Gasteiger partial charge in [0.25, 0.3) is 0 Å². The van der Waals surface area contributed by atoms with Crippen LogP contribution >= 0.6 is 0 Å². The van der Waals surface area contributed by atoms with Crippen LogP contribution in [-0.2, 0) is 10.5 Å². The molecule has 0 unspecified atom stereocenters. The van der Waals surface area contributed by atoms with E-state index in [0.29, 0.717) is 5.96 Å². The average molecular weight is 352 g/mol. The highest BCUT2D eigenvalue weighted by Crippen LogP contribution is 2.32. The third-order valence-electron chi connectivity index (χ3n) is 4.55. The van der Waals surface area contributed by atoms with Crippen LogP contribution in [-0.4, -0.2) is 32.0 Å². The van der Waals surface area contributed by atoms with Crippen LogP contribution in [0, 0.1) is 0 Å². The molecule has 2 aromatic rings. The molecule has 0 aliphatic carbocycles. The van der Waals surface area contributed by atoms with Crippen LogP contribution in [0.25, 0.3) is 0 Å². The van der Waals surface area contributed by atoms with Gasteiger partial charge in [-0.15, -0.1) is 0 Å². The van der Waals surface area contributed by atoms with Crippen molar-refractivity contribution in [1.29, 1.82) is 0 Å². The van der Waals surface area contributed by atoms with E-state index >= 15 is 0 Å². The molecule has 6 N–H and O–H groups in total. The van der Waals surface area contributed by atoms with Gasteiger partial charge in [-0.3, -0.25) is 10.5 Å². The molecule has 0 fully saturated rings. The number of amides is 1. The smallest absolute Gasteiger partial charge is 0.361 e. The number of nitrogens with one attached hydrogen (secondary N) is 4. The Balaban J connectivity index is 1.74. The number of carbonyl (C=O) groups is 1. The van der Waals surface area contributed by atoms with Gasteiger partial charge in [-0.1, -0.05) is 12.1 Å². The first-order valence-corrected chi connectivity index (χ1v) is 8.15. The monoisotopic (exact) mass is 352 g/mol. The van der Waals surface area contributed by atoms with Crippen molar-refractivity contribution < 1.29 is 19.5 Å². The minimum atomic E-state index is -1.16. The Kier molecular flexibility index (Phi) is 3.54. The summed E-state index contributed by atoms with van der Waals surface area (Å²) in [6, 6.07) is 15.0. The molecule has 0 saturated heterocycles. The van der Waals surface area contributed by atoms with E-state index in [1.807, 2.05) is 48.5 Å². The Labute approximate surface area is 150 Å². The van der Waals surface area contributed by atoms with Gasteiger partial charge in [-0.25, -0.2) is 15.3 Å². The Morgan fingerprint density at radius 1 is 1.15 bits per heavy atom. The molecule has 132 valence electrons. The van der Waals surface area contributed by atoms with Gasteiger partial charge >= 0.3 is 23.5 Å². The van der Waals surface area contributed by atoms with Gasteiger partial charge in [-0.05, 0) is 36.4 Å². The molecule has 0 radical (unpaired) electrons. The number of fused-ring (bicyclic) bond motifs is 2. The number of hydrogen-bond donors (Lipinski definition) is 5. The van der Waals surface area contributed by atoms with Crippen LogP contribution in [0.2, 0.25) is 0 Å². The van der Waals surface area contributed by atoms with Gasteiger partial charge in [0, 0.05) is 7.05 Å². The highest BCUT2D eigenvalue weighted by Gasteiger charge is 2.55. The molecular weight excluding hydrogens is 332 g/mol. The zero-order valence-corrected chi connectivity index (χ0v) is 14.5. The Morgan fingerprint density at radius 2 is 1.88 bits per heavy atom. The number of nitrogens with two attached hydrogens (primary N) is 1. The molecule has 4 rings (SSSR count). The maximum atomic E-state index is 13.0. The molecular formula is C18H20N6O2+2. The lowest BCUT2D eigenvalue weighted by molar-refractivity contribution is -0.789. The molecule has 26 heavy (non-hydrogen) atoms. The fourth-order valence-electron chi connectivity index (χ4n) is 3.30. The third kappa shape index (κ3) is 2.34. The number of likely N-dealkylation sites (N-methyl/N-ethyl adjacent to an activating group) is 1. The van der Waals surface area contributed by atoms with Gasteiger partial charge in [-0.2, -0.15) is 5.32 Å². The lowest BCUT2D eigenvalue weighted by atomic mass is 10.0. The predicted molar refractivity (Wildman–Crippen MR) is 97.4 cm³/mol. The summed E-state index contributed by atoms with van der Waals surface area (Å²) in [6.07, 6.45) is 0. The SMILES string of the molecule is COc1ccc(NC2=[NH+][C@@]3([NH+]=C(N)N2)C(=O)N(C)c2ccccc23)cc1. The van der Waals surface area contributed by atoms with Crippen molar-refractivity contribution in [3.8, 4) is 5.75 Å². The van der Waals surface area contributed by atoms with E-state index in [0.717, 1.165) is 22.7 Å². The minimum absolute atomic E-state index is 0.141. The number of methoxy groups -OCH3 is 1. The Morgan fingerprint density at radius 3 is 2.62 bits per heavy atom. The molecule has 8 nitrogen and oxygen atoms in total. The van der Waals surface area contributed by atoms with E-state index in [2.05, 4.69) is 20.6 Å². The minimum Gasteiger partial charge on any atom is -0.497 e. The van der Waals surface area contributed by atoms with E-state index in [-0.39, 0.29) is 11.9 Å². The van der Waals surface area contributed by atoms with Crippen LogP contribution in [0.1, 0.15) is 5.56 Å². The summed E-state index contributed by atoms with van der Waals surface area (Å²) in [5, 5.41) is 6.19. The predicted octanol–water partition coefficient (Wildman–Crippen LogP) is -2.63. The first kappa shape index (κ1) is 15.9. The van der Waals surface area contributed by atoms with Gasteiger partial charge in [0.15, 0.2) is 0 Å². The first-order valence-electron chi connectivity index (χ1n) is 8.15. The van der Waals surface area contributed by atoms with Crippen molar-refractivity contribution >= 4 is 29.2 Å². The molecule has 0 aromatic heterocycles. The van der Waals surface area contributed by atoms with E-state index in [4.69, 9.17) is 10.5 Å². The van der Waals surface area contributed by atoms with Gasteiger partial charge < -0.3 is 9.64 Å². The summed E-state index contributed by atoms with van der Waals surface area (Å²) in [7, 11) is 3.36. The second kappa shape index (κ2) is 5.76. The standard InChI is InChI=1S/C18H18N6O2/c1-24-14-6-4-3-5-13(14)18(15(24)25)22-16(19)21-17(23-18)20-11-7-9-12(26-2)10-8-11/h3-10H,1-2H3,(H4,19,20,21,22,23)/p+2/t18-/m1/s1. The van der Waals surface area contributed by atoms with Crippen LogP contribution in [0.4, 0.5) is 11.4 Å². The molecule has 0 saturated carbocycles. The molecule has 2 aliphatic rings. The number of para-hydroxylation sites is 1. The second-order valence-corrected chi connectivity index (χ2v) is 6.15. The van der Waals surface area contributed by atoms with Crippen LogP contribution in [0.5, 0.6) is 5.75 Å². The molecule has 1 atom stereocenters. The molecule has 1 amide bonds. The van der Waals surface area contributed by atoms with Crippen molar-refractivity contribution in [3.63, 3.8) is 0 Å². The summed E-state index contributed by atoms with van der Waals surface area (Å²) in [5.41, 5.74) is 7.35. The zero-order chi connectivity index (χ0) is 18.3. The molecule has 0 bridgehead atoms. The molecule has 2 aliphatic heterocycles. The lowest BCUT2D eigenvalue weighted by Crippen LogP contribution is -3.14. The van der Waals surface area contributed by atoms with Gasteiger partial charge in [0.1, 0.15) is 5.75 Å². The maximum absolute atomic E-state index is 13.0. The topological polar surface area (TPSA) is 108 Å². The number of nitrogens with zero attached hydrogens (tertiary/aromatic N) is 1. The number of rotatable bonds is 2. The first-order chi connectivity index (χ1) is 12.5. The van der Waals surface area contributed by atoms with Crippen molar-refractivity contribution in [3.05, 3.63) is 54.1 Å². The van der Waals surface area contributed by atoms with Crippen LogP contribution < -0.4 is 36.0 Å². The number of anilines is 2. The Hall–Kier alpha value is -3.55. The van der Waals surface area contributed by atoms with Gasteiger partial charge in [0.2, 0.25) is 0 Å². The van der Waals surface area contributed by atoms with E-state index in [1.54, 1.807) is 19.1 Å². The molecule has 8 heteroatoms. The lowest BCUT2D eigenvalue weighted by Gasteiger charge is -2.22. The summed E-state index contributed by atoms with van der Waals surface area (Å²) in [5.74, 6) is 1.40. The molecule has 2 heterocycles.